The average molecular weight is 738 g/mol. The Morgan fingerprint density at radius 1 is 0.961 bits per heavy atom. The molecular formula is C34H43F3N5O8P. The number of hydrogen-bond acceptors (Lipinski definition) is 12. The van der Waals surface area contributed by atoms with Gasteiger partial charge in [-0.15, -0.1) is 0 Å². The molecule has 0 bridgehead atoms. The lowest BCUT2D eigenvalue weighted by molar-refractivity contribution is -0.137. The lowest BCUT2D eigenvalue weighted by Crippen LogP contribution is -2.17. The first-order valence-corrected chi connectivity index (χ1v) is 18.1. The molecule has 4 N–H and O–H groups in total. The number of nitrogens with one attached hydrogen (secondary N) is 2. The van der Waals surface area contributed by atoms with E-state index >= 15 is 0 Å². The number of hydrogen-bond donors (Lipinski definition) is 4. The highest BCUT2D eigenvalue weighted by atomic mass is 31.2. The van der Waals surface area contributed by atoms with Crippen LogP contribution in [-0.2, 0) is 42.5 Å². The van der Waals surface area contributed by atoms with E-state index in [-0.39, 0.29) is 67.9 Å². The van der Waals surface area contributed by atoms with Gasteiger partial charge in [0, 0.05) is 39.0 Å². The molecule has 0 unspecified atom stereocenters. The van der Waals surface area contributed by atoms with Crippen LogP contribution in [0.5, 0.6) is 11.6 Å². The first-order valence-electron chi connectivity index (χ1n) is 16.4. The van der Waals surface area contributed by atoms with Gasteiger partial charge < -0.3 is 48.7 Å². The number of halogens is 3. The molecule has 4 aromatic rings. The molecule has 2 aromatic carbocycles. The number of methoxy groups -OCH3 is 3. The number of benzene rings is 2. The second kappa shape index (κ2) is 16.6. The van der Waals surface area contributed by atoms with Gasteiger partial charge in [-0.1, -0.05) is 12.1 Å². The summed E-state index contributed by atoms with van der Waals surface area (Å²) >= 11 is 0. The van der Waals surface area contributed by atoms with Crippen molar-refractivity contribution >= 4 is 41.5 Å². The van der Waals surface area contributed by atoms with Crippen LogP contribution in [0.4, 0.5) is 36.3 Å². The van der Waals surface area contributed by atoms with E-state index < -0.39 is 25.2 Å². The highest BCUT2D eigenvalue weighted by Crippen LogP contribution is 2.52. The van der Waals surface area contributed by atoms with Gasteiger partial charge >= 0.3 is 13.8 Å². The number of aliphatic hydroxyl groups is 1. The number of aryl methyl sites for hydroxylation is 1. The van der Waals surface area contributed by atoms with E-state index in [0.717, 1.165) is 18.4 Å². The van der Waals surface area contributed by atoms with Crippen molar-refractivity contribution in [3.05, 3.63) is 59.4 Å². The topological polar surface area (TPSA) is 158 Å². The number of aromatic hydroxyl groups is 1. The van der Waals surface area contributed by atoms with Crippen LogP contribution >= 0.6 is 7.60 Å². The number of aliphatic hydroxyl groups excluding tert-OH is 1. The molecule has 51 heavy (non-hydrogen) atoms. The number of ether oxygens (including phenoxy) is 3. The van der Waals surface area contributed by atoms with Crippen molar-refractivity contribution < 1.29 is 51.2 Å². The minimum atomic E-state index is -4.80. The number of rotatable bonds is 16. The Morgan fingerprint density at radius 3 is 2.25 bits per heavy atom. The summed E-state index contributed by atoms with van der Waals surface area (Å²) in [6, 6.07) is 8.31. The van der Waals surface area contributed by atoms with Gasteiger partial charge in [0.25, 0.3) is 0 Å². The maximum atomic E-state index is 14.2. The van der Waals surface area contributed by atoms with E-state index in [1.54, 1.807) is 37.5 Å². The molecule has 278 valence electrons. The third kappa shape index (κ3) is 9.31. The van der Waals surface area contributed by atoms with E-state index in [1.807, 2.05) is 6.07 Å². The van der Waals surface area contributed by atoms with Gasteiger partial charge in [0.2, 0.25) is 11.8 Å². The minimum absolute atomic E-state index is 0.0459. The van der Waals surface area contributed by atoms with Gasteiger partial charge in [-0.2, -0.15) is 18.2 Å². The second-order valence-electron chi connectivity index (χ2n) is 12.2. The van der Waals surface area contributed by atoms with E-state index in [9.17, 15) is 27.9 Å². The molecule has 1 saturated carbocycles. The van der Waals surface area contributed by atoms with Crippen molar-refractivity contribution in [3.8, 4) is 11.6 Å². The first kappa shape index (κ1) is 38.3. The van der Waals surface area contributed by atoms with Crippen LogP contribution in [-0.4, -0.2) is 78.6 Å². The molecule has 0 spiro atoms. The fraction of sp³-hybridized carbons (Fsp3) is 0.471. The van der Waals surface area contributed by atoms with Crippen molar-refractivity contribution in [3.63, 3.8) is 0 Å². The van der Waals surface area contributed by atoms with Gasteiger partial charge in [-0.3, -0.25) is 4.57 Å². The van der Waals surface area contributed by atoms with Gasteiger partial charge in [0.05, 0.1) is 62.6 Å². The fourth-order valence-electron chi connectivity index (χ4n) is 6.10. The molecular weight excluding hydrogens is 694 g/mol. The van der Waals surface area contributed by atoms with Crippen LogP contribution in [0.25, 0.3) is 10.8 Å². The largest absolute Gasteiger partial charge is 0.495 e. The monoisotopic (exact) mass is 737 g/mol. The van der Waals surface area contributed by atoms with Gasteiger partial charge in [0.15, 0.2) is 0 Å². The predicted molar refractivity (Wildman–Crippen MR) is 185 cm³/mol. The predicted octanol–water partition coefficient (Wildman–Crippen LogP) is 7.23. The molecule has 0 saturated heterocycles. The van der Waals surface area contributed by atoms with Crippen molar-refractivity contribution in [2.75, 3.05) is 58.4 Å². The molecule has 13 nitrogen and oxygen atoms in total. The number of fused-ring (bicyclic) bond motifs is 1. The number of nitrogens with zero attached hydrogens (tertiary/aromatic N) is 3. The van der Waals surface area contributed by atoms with Crippen LogP contribution in [0.2, 0.25) is 0 Å². The lowest BCUT2D eigenvalue weighted by atomic mass is 9.81. The maximum absolute atomic E-state index is 14.2. The second-order valence-corrected chi connectivity index (χ2v) is 14.3. The number of anilines is 4. The Morgan fingerprint density at radius 2 is 1.63 bits per heavy atom. The van der Waals surface area contributed by atoms with E-state index in [1.165, 1.54) is 25.9 Å². The van der Waals surface area contributed by atoms with Gasteiger partial charge in [-0.05, 0) is 60.9 Å². The molecule has 0 amide bonds. The smallest absolute Gasteiger partial charge is 0.421 e. The molecule has 1 aliphatic rings. The van der Waals surface area contributed by atoms with Crippen LogP contribution in [0.3, 0.4) is 0 Å². The van der Waals surface area contributed by atoms with Crippen molar-refractivity contribution in [1.82, 2.24) is 14.5 Å². The summed E-state index contributed by atoms with van der Waals surface area (Å²) < 4.78 is 84.3. The molecule has 17 heteroatoms. The number of alkyl halides is 3. The molecule has 2 heterocycles. The molecule has 0 atom stereocenters. The SMILES string of the molecule is COCCOP(=O)(Cc1ccc(Nc2ncc(C(F)(F)F)c(Nc3ccc(C4CCC(O)CC4)c4cn(C)c(O)c34)n2)c(OC)c1)OCCOC. The van der Waals surface area contributed by atoms with Crippen molar-refractivity contribution in [2.45, 2.75) is 50.0 Å². The third-order valence-electron chi connectivity index (χ3n) is 8.68. The Kier molecular flexibility index (Phi) is 12.5. The summed E-state index contributed by atoms with van der Waals surface area (Å²) in [5.41, 5.74) is 0.944. The first-order chi connectivity index (χ1) is 24.4. The lowest BCUT2D eigenvalue weighted by Gasteiger charge is -2.26. The van der Waals surface area contributed by atoms with Crippen molar-refractivity contribution in [2.24, 2.45) is 7.05 Å². The molecule has 0 radical (unpaired) electrons. The summed E-state index contributed by atoms with van der Waals surface area (Å²) in [6.07, 6.45) is -0.00718. The summed E-state index contributed by atoms with van der Waals surface area (Å²) in [7, 11) is 2.43. The summed E-state index contributed by atoms with van der Waals surface area (Å²) in [4.78, 5) is 8.13. The van der Waals surface area contributed by atoms with Crippen molar-refractivity contribution in [1.29, 1.82) is 0 Å². The molecule has 2 aromatic heterocycles. The maximum Gasteiger partial charge on any atom is 0.421 e. The zero-order chi connectivity index (χ0) is 36.8. The average Bonchev–Trinajstić information content (AvgIpc) is 3.39. The van der Waals surface area contributed by atoms with E-state index in [2.05, 4.69) is 20.6 Å². The summed E-state index contributed by atoms with van der Waals surface area (Å²) in [5.74, 6) is -0.414. The quantitative estimate of drug-likeness (QED) is 0.0677. The molecule has 0 aliphatic heterocycles. The Bertz CT molecular complexity index is 1830. The minimum Gasteiger partial charge on any atom is -0.495 e. The van der Waals surface area contributed by atoms with Crippen LogP contribution in [0.1, 0.15) is 48.3 Å². The Labute approximate surface area is 293 Å². The third-order valence-corrected chi connectivity index (χ3v) is 10.6. The van der Waals surface area contributed by atoms with E-state index in [0.29, 0.717) is 41.1 Å². The molecule has 1 fully saturated rings. The zero-order valence-corrected chi connectivity index (χ0v) is 29.7. The molecule has 1 aliphatic carbocycles. The van der Waals surface area contributed by atoms with Crippen LogP contribution in [0.15, 0.2) is 42.7 Å². The normalized spacial score (nSPS) is 16.8. The van der Waals surface area contributed by atoms with Gasteiger partial charge in [-0.25, -0.2) is 4.98 Å². The highest BCUT2D eigenvalue weighted by Gasteiger charge is 2.36. The van der Waals surface area contributed by atoms with Crippen LogP contribution < -0.4 is 15.4 Å². The number of aromatic nitrogens is 3. The standard InChI is InChI=1S/C34H43F3N5O8P/c1-42-19-25-24(22-6-8-23(43)9-7-22)10-12-28(30(25)32(42)44)39-31-26(34(35,36)37)18-38-33(41-31)40-27-11-5-21(17-29(27)48-4)20-51(45,49-15-13-46-2)50-16-14-47-3/h5,10-12,17-19,22-23,43-44H,6-9,13-16,20H2,1-4H3,(H2,38,39,40,41). The van der Waals surface area contributed by atoms with E-state index in [4.69, 9.17) is 23.3 Å². The Balaban J connectivity index is 1.43. The summed E-state index contributed by atoms with van der Waals surface area (Å²) in [6.45, 7) is 0.514. The van der Waals surface area contributed by atoms with Gasteiger partial charge in [0.1, 0.15) is 17.1 Å². The van der Waals surface area contributed by atoms with Crippen LogP contribution in [0, 0.1) is 0 Å². The highest BCUT2D eigenvalue weighted by molar-refractivity contribution is 7.53. The Hall–Kier alpha value is -3.92. The molecule has 5 rings (SSSR count). The summed E-state index contributed by atoms with van der Waals surface area (Å²) in [5, 5.41) is 27.8. The zero-order valence-electron chi connectivity index (χ0n) is 28.8. The fourth-order valence-corrected chi connectivity index (χ4v) is 7.70.